The van der Waals surface area contributed by atoms with Gasteiger partial charge < -0.3 is 0 Å². The number of hydrogen-bond acceptors (Lipinski definition) is 2. The normalized spacial score (nSPS) is 25.7. The maximum absolute atomic E-state index is 11.4. The van der Waals surface area contributed by atoms with E-state index in [4.69, 9.17) is 0 Å². The average molecular weight is 200 g/mol. The largest absolute Gasteiger partial charge is 0.273 e. The summed E-state index contributed by atoms with van der Waals surface area (Å²) in [6.45, 7) is 0. The van der Waals surface area contributed by atoms with Gasteiger partial charge in [0.25, 0.3) is 11.8 Å². The zero-order chi connectivity index (χ0) is 9.26. The second kappa shape index (κ2) is 3.70. The summed E-state index contributed by atoms with van der Waals surface area (Å²) in [6, 6.07) is 0. The third-order valence-electron chi connectivity index (χ3n) is 2.52. The van der Waals surface area contributed by atoms with Gasteiger partial charge in [-0.25, -0.2) is 0 Å². The second-order valence-electron chi connectivity index (χ2n) is 3.51. The van der Waals surface area contributed by atoms with Crippen LogP contribution in [0.4, 0.5) is 0 Å². The Morgan fingerprint density at radius 2 is 1.46 bits per heavy atom. The molecule has 3 nitrogen and oxygen atoms in total. The van der Waals surface area contributed by atoms with Crippen molar-refractivity contribution in [3.05, 3.63) is 0 Å². The van der Waals surface area contributed by atoms with Gasteiger partial charge >= 0.3 is 0 Å². The van der Waals surface area contributed by atoms with E-state index >= 15 is 0 Å². The Balaban J connectivity index is 2.05. The number of carbonyl (C=O) groups is 2. The molecule has 0 aromatic carbocycles. The molecule has 0 radical (unpaired) electrons. The highest BCUT2D eigenvalue weighted by atomic mass is 32.2. The van der Waals surface area contributed by atoms with E-state index in [1.54, 1.807) is 4.31 Å². The maximum Gasteiger partial charge on any atom is 0.273 e. The quantitative estimate of drug-likeness (QED) is 0.465. The highest BCUT2D eigenvalue weighted by molar-refractivity contribution is 7.95. The summed E-state index contributed by atoms with van der Waals surface area (Å²) in [5.41, 5.74) is 0. The summed E-state index contributed by atoms with van der Waals surface area (Å²) in [4.78, 5) is 22.8. The Hall–Kier alpha value is -0.510. The molecule has 0 unspecified atom stereocenters. The first-order valence-electron chi connectivity index (χ1n) is 4.82. The van der Waals surface area contributed by atoms with Crippen molar-refractivity contribution in [1.82, 2.24) is 4.31 Å². The van der Waals surface area contributed by atoms with Crippen LogP contribution in [0.5, 0.6) is 0 Å². The van der Waals surface area contributed by atoms with Crippen LogP contribution < -0.4 is 0 Å². The molecule has 2 fully saturated rings. The molecule has 0 saturated carbocycles. The molecule has 2 saturated heterocycles. The minimum Gasteiger partial charge on any atom is -0.270 e. The summed E-state index contributed by atoms with van der Waals surface area (Å²) in [7, 11) is 0. The number of carbonyl (C=O) groups excluding carboxylic acids is 2. The van der Waals surface area contributed by atoms with Gasteiger partial charge in [0.2, 0.25) is 0 Å². The molecule has 0 N–H and O–H groups in total. The summed E-state index contributed by atoms with van der Waals surface area (Å²) in [5.74, 6) is 2.24. The van der Waals surface area contributed by atoms with Crippen molar-refractivity contribution in [3.8, 4) is 0 Å². The number of hydrogen-bond donors (Lipinski definition) is 0. The van der Waals surface area contributed by atoms with Crippen molar-refractivity contribution in [3.63, 3.8) is 0 Å². The minimum atomic E-state index is -0.0459. The van der Waals surface area contributed by atoms with E-state index in [2.05, 4.69) is 0 Å². The summed E-state index contributed by atoms with van der Waals surface area (Å²) >= 11 is -0.0459. The van der Waals surface area contributed by atoms with Crippen LogP contribution in [-0.2, 0) is 20.7 Å². The van der Waals surface area contributed by atoms with E-state index < -0.39 is 0 Å². The fourth-order valence-corrected chi connectivity index (χ4v) is 4.25. The van der Waals surface area contributed by atoms with Gasteiger partial charge in [-0.2, -0.15) is 0 Å². The van der Waals surface area contributed by atoms with E-state index in [1.165, 1.54) is 19.3 Å². The molecule has 0 atom stereocenters. The second-order valence-corrected chi connectivity index (χ2v) is 5.62. The van der Waals surface area contributed by atoms with Crippen LogP contribution in [0.15, 0.2) is 0 Å². The van der Waals surface area contributed by atoms with E-state index in [0.717, 1.165) is 11.5 Å². The van der Waals surface area contributed by atoms with Crippen molar-refractivity contribution < 1.29 is 9.59 Å². The molecule has 2 aliphatic rings. The van der Waals surface area contributed by atoms with Crippen molar-refractivity contribution in [1.29, 1.82) is 0 Å². The Labute approximate surface area is 81.0 Å². The fourth-order valence-electron chi connectivity index (χ4n) is 1.84. The average Bonchev–Trinajstić information content (AvgIpc) is 2.48. The molecular weight excluding hydrogens is 186 g/mol. The number of rotatable bonds is 1. The van der Waals surface area contributed by atoms with Gasteiger partial charge in [-0.15, -0.1) is 0 Å². The zero-order valence-electron chi connectivity index (χ0n) is 7.62. The van der Waals surface area contributed by atoms with Gasteiger partial charge in [0.05, 0.1) is 0 Å². The van der Waals surface area contributed by atoms with Gasteiger partial charge in [-0.3, -0.25) is 9.59 Å². The van der Waals surface area contributed by atoms with Gasteiger partial charge in [-0.05, 0) is 19.3 Å². The van der Waals surface area contributed by atoms with Crippen LogP contribution in [0.25, 0.3) is 0 Å². The number of amides is 2. The molecule has 0 aromatic heterocycles. The predicted octanol–water partition coefficient (Wildman–Crippen LogP) is 0.853. The zero-order valence-corrected chi connectivity index (χ0v) is 8.44. The number of nitrogens with zero attached hydrogens (tertiary/aromatic N) is 1. The van der Waals surface area contributed by atoms with Crippen LogP contribution in [0.2, 0.25) is 0 Å². The number of imide groups is 1. The Kier molecular flexibility index (Phi) is 2.58. The van der Waals surface area contributed by atoms with Crippen LogP contribution in [0, 0.1) is 0 Å². The van der Waals surface area contributed by atoms with Crippen molar-refractivity contribution in [2.45, 2.75) is 32.1 Å². The van der Waals surface area contributed by atoms with Crippen molar-refractivity contribution in [2.75, 3.05) is 11.5 Å². The van der Waals surface area contributed by atoms with Gasteiger partial charge in [0, 0.05) is 12.8 Å². The molecule has 13 heavy (non-hydrogen) atoms. The smallest absolute Gasteiger partial charge is 0.270 e. The maximum atomic E-state index is 11.4. The van der Waals surface area contributed by atoms with E-state index in [1.807, 2.05) is 0 Å². The third kappa shape index (κ3) is 1.73. The molecule has 0 aliphatic carbocycles. The Morgan fingerprint density at radius 3 is 2.00 bits per heavy atom. The third-order valence-corrected chi connectivity index (χ3v) is 4.97. The first-order chi connectivity index (χ1) is 6.29. The lowest BCUT2D eigenvalue weighted by atomic mass is 10.3. The summed E-state index contributed by atoms with van der Waals surface area (Å²) in [5, 5.41) is 0. The van der Waals surface area contributed by atoms with Crippen LogP contribution in [0.1, 0.15) is 32.1 Å². The SMILES string of the molecule is O=C1CCC(=O)N1[S+]1CCCCC1. The molecule has 2 amide bonds. The lowest BCUT2D eigenvalue weighted by Gasteiger charge is -2.18. The predicted molar refractivity (Wildman–Crippen MR) is 52.0 cm³/mol. The summed E-state index contributed by atoms with van der Waals surface area (Å²) < 4.78 is 1.55. The molecule has 2 aliphatic heterocycles. The molecule has 4 heteroatoms. The van der Waals surface area contributed by atoms with Crippen LogP contribution in [-0.4, -0.2) is 27.6 Å². The van der Waals surface area contributed by atoms with Crippen molar-refractivity contribution >= 4 is 22.9 Å². The lowest BCUT2D eigenvalue weighted by Crippen LogP contribution is -2.40. The molecule has 72 valence electrons. The summed E-state index contributed by atoms with van der Waals surface area (Å²) in [6.07, 6.45) is 4.52. The Bertz CT molecular complexity index is 220. The highest BCUT2D eigenvalue weighted by Gasteiger charge is 2.43. The van der Waals surface area contributed by atoms with E-state index in [-0.39, 0.29) is 22.9 Å². The van der Waals surface area contributed by atoms with Gasteiger partial charge in [-0.1, -0.05) is 4.31 Å². The minimum absolute atomic E-state index is 0.0459. The molecule has 2 heterocycles. The molecule has 2 rings (SSSR count). The first-order valence-corrected chi connectivity index (χ1v) is 6.34. The van der Waals surface area contributed by atoms with Crippen LogP contribution in [0.3, 0.4) is 0 Å². The topological polar surface area (TPSA) is 37.4 Å². The monoisotopic (exact) mass is 200 g/mol. The first kappa shape index (κ1) is 9.06. The van der Waals surface area contributed by atoms with Gasteiger partial charge in [0.15, 0.2) is 0 Å². The fraction of sp³-hybridized carbons (Fsp3) is 0.778. The van der Waals surface area contributed by atoms with E-state index in [0.29, 0.717) is 12.8 Å². The van der Waals surface area contributed by atoms with E-state index in [9.17, 15) is 9.59 Å². The van der Waals surface area contributed by atoms with Crippen LogP contribution >= 0.6 is 0 Å². The van der Waals surface area contributed by atoms with Gasteiger partial charge in [0.1, 0.15) is 22.6 Å². The standard InChI is InChI=1S/C9H14NO2S/c11-8-4-5-9(12)10(8)13-6-2-1-3-7-13/h1-7H2/q+1. The molecule has 0 bridgehead atoms. The molecular formula is C9H14NO2S+. The Morgan fingerprint density at radius 1 is 0.923 bits per heavy atom. The lowest BCUT2D eigenvalue weighted by molar-refractivity contribution is -0.132. The molecule has 0 aromatic rings. The highest BCUT2D eigenvalue weighted by Crippen LogP contribution is 2.23. The van der Waals surface area contributed by atoms with Crippen molar-refractivity contribution in [2.24, 2.45) is 0 Å². The molecule has 0 spiro atoms.